The molecular formula is C13H16FNO. The molecule has 0 bridgehead atoms. The molecule has 2 nitrogen and oxygen atoms in total. The highest BCUT2D eigenvalue weighted by molar-refractivity contribution is 5.82. The molecule has 0 aliphatic carbocycles. The first kappa shape index (κ1) is 11.1. The fraction of sp³-hybridized carbons (Fsp3) is 0.385. The third kappa shape index (κ3) is 1.71. The zero-order valence-corrected chi connectivity index (χ0v) is 9.75. The average Bonchev–Trinajstić information content (AvgIpc) is 2.68. The smallest absolute Gasteiger partial charge is 0.170 e. The van der Waals surface area contributed by atoms with Crippen molar-refractivity contribution in [3.63, 3.8) is 0 Å². The summed E-state index contributed by atoms with van der Waals surface area (Å²) >= 11 is 0. The Balaban J connectivity index is 2.60. The van der Waals surface area contributed by atoms with Gasteiger partial charge in [0.2, 0.25) is 0 Å². The summed E-state index contributed by atoms with van der Waals surface area (Å²) < 4.78 is 19.0. The van der Waals surface area contributed by atoms with Crippen LogP contribution in [0.15, 0.2) is 22.6 Å². The zero-order chi connectivity index (χ0) is 11.9. The first-order chi connectivity index (χ1) is 7.50. The van der Waals surface area contributed by atoms with Crippen LogP contribution in [0.5, 0.6) is 0 Å². The molecule has 0 aliphatic rings. The van der Waals surface area contributed by atoms with Crippen LogP contribution in [0.2, 0.25) is 0 Å². The molecule has 1 aromatic carbocycles. The number of rotatable bonds is 2. The largest absolute Gasteiger partial charge is 0.456 e. The number of hydrogen-bond acceptors (Lipinski definition) is 2. The van der Waals surface area contributed by atoms with E-state index >= 15 is 0 Å². The molecule has 1 aromatic heterocycles. The summed E-state index contributed by atoms with van der Waals surface area (Å²) in [5, 5.41) is 0.811. The van der Waals surface area contributed by atoms with Crippen LogP contribution in [0.3, 0.4) is 0 Å². The molecule has 0 fully saturated rings. The molecule has 0 amide bonds. The van der Waals surface area contributed by atoms with E-state index in [1.165, 1.54) is 6.07 Å². The molecule has 1 heterocycles. The second-order valence-electron chi connectivity index (χ2n) is 4.53. The summed E-state index contributed by atoms with van der Waals surface area (Å²) in [5.41, 5.74) is 7.30. The third-order valence-corrected chi connectivity index (χ3v) is 2.92. The zero-order valence-electron chi connectivity index (χ0n) is 9.75. The molecule has 2 rings (SSSR count). The summed E-state index contributed by atoms with van der Waals surface area (Å²) in [6, 6.07) is 4.83. The Morgan fingerprint density at radius 1 is 1.31 bits per heavy atom. The molecule has 2 N–H and O–H groups in total. The standard InChI is InChI=1S/C13H16FNO/c1-7(2)12(15)11-6-9-8(3)4-5-10(14)13(9)16-11/h4-7,12H,15H2,1-3H3. The number of nitrogens with two attached hydrogens (primary N) is 1. The van der Waals surface area contributed by atoms with Crippen molar-refractivity contribution in [2.45, 2.75) is 26.8 Å². The Morgan fingerprint density at radius 3 is 2.56 bits per heavy atom. The first-order valence-corrected chi connectivity index (χ1v) is 5.45. The minimum atomic E-state index is -0.331. The van der Waals surface area contributed by atoms with Crippen LogP contribution >= 0.6 is 0 Å². The van der Waals surface area contributed by atoms with Crippen molar-refractivity contribution in [1.29, 1.82) is 0 Å². The van der Waals surface area contributed by atoms with Gasteiger partial charge in [-0.25, -0.2) is 4.39 Å². The Morgan fingerprint density at radius 2 is 2.00 bits per heavy atom. The SMILES string of the molecule is Cc1ccc(F)c2oc(C(N)C(C)C)cc12. The van der Waals surface area contributed by atoms with Crippen molar-refractivity contribution in [2.24, 2.45) is 11.7 Å². The monoisotopic (exact) mass is 221 g/mol. The number of hydrogen-bond donors (Lipinski definition) is 1. The van der Waals surface area contributed by atoms with Crippen LogP contribution < -0.4 is 5.73 Å². The lowest BCUT2D eigenvalue weighted by Crippen LogP contribution is -2.15. The summed E-state index contributed by atoms with van der Waals surface area (Å²) in [4.78, 5) is 0. The number of fused-ring (bicyclic) bond motifs is 1. The second kappa shape index (κ2) is 3.91. The predicted octanol–water partition coefficient (Wildman–Crippen LogP) is 3.54. The van der Waals surface area contributed by atoms with E-state index < -0.39 is 0 Å². The summed E-state index contributed by atoms with van der Waals surface area (Å²) in [6.45, 7) is 5.96. The predicted molar refractivity (Wildman–Crippen MR) is 62.7 cm³/mol. The average molecular weight is 221 g/mol. The molecule has 3 heteroatoms. The molecular weight excluding hydrogens is 205 g/mol. The topological polar surface area (TPSA) is 39.2 Å². The summed E-state index contributed by atoms with van der Waals surface area (Å²) in [5.74, 6) is 0.588. The highest BCUT2D eigenvalue weighted by Gasteiger charge is 2.17. The van der Waals surface area contributed by atoms with Crippen LogP contribution in [-0.4, -0.2) is 0 Å². The van der Waals surface area contributed by atoms with Gasteiger partial charge in [-0.1, -0.05) is 19.9 Å². The second-order valence-corrected chi connectivity index (χ2v) is 4.53. The van der Waals surface area contributed by atoms with E-state index in [0.29, 0.717) is 11.3 Å². The minimum absolute atomic E-state index is 0.189. The fourth-order valence-corrected chi connectivity index (χ4v) is 1.74. The van der Waals surface area contributed by atoms with Gasteiger partial charge in [0.25, 0.3) is 0 Å². The normalized spacial score (nSPS) is 13.6. The van der Waals surface area contributed by atoms with Gasteiger partial charge < -0.3 is 10.2 Å². The van der Waals surface area contributed by atoms with Crippen molar-refractivity contribution in [2.75, 3.05) is 0 Å². The Hall–Kier alpha value is -1.35. The van der Waals surface area contributed by atoms with Crippen LogP contribution in [0, 0.1) is 18.7 Å². The van der Waals surface area contributed by atoms with Crippen LogP contribution in [0.4, 0.5) is 4.39 Å². The quantitative estimate of drug-likeness (QED) is 0.842. The number of furan rings is 1. The van der Waals surface area contributed by atoms with Gasteiger partial charge in [0.15, 0.2) is 11.4 Å². The van der Waals surface area contributed by atoms with E-state index in [9.17, 15) is 4.39 Å². The molecule has 0 saturated heterocycles. The van der Waals surface area contributed by atoms with E-state index in [2.05, 4.69) is 0 Å². The van der Waals surface area contributed by atoms with Crippen LogP contribution in [0.25, 0.3) is 11.0 Å². The van der Waals surface area contributed by atoms with Gasteiger partial charge in [-0.3, -0.25) is 0 Å². The van der Waals surface area contributed by atoms with Gasteiger partial charge in [-0.2, -0.15) is 0 Å². The maximum absolute atomic E-state index is 13.5. The number of halogens is 1. The Kier molecular flexibility index (Phi) is 2.72. The lowest BCUT2D eigenvalue weighted by atomic mass is 10.0. The van der Waals surface area contributed by atoms with Gasteiger partial charge in [0.05, 0.1) is 6.04 Å². The van der Waals surface area contributed by atoms with E-state index in [1.54, 1.807) is 6.07 Å². The van der Waals surface area contributed by atoms with E-state index in [1.807, 2.05) is 26.8 Å². The van der Waals surface area contributed by atoms with Gasteiger partial charge in [-0.05, 0) is 30.5 Å². The highest BCUT2D eigenvalue weighted by atomic mass is 19.1. The highest BCUT2D eigenvalue weighted by Crippen LogP contribution is 2.30. The lowest BCUT2D eigenvalue weighted by Gasteiger charge is -2.11. The maximum Gasteiger partial charge on any atom is 0.170 e. The van der Waals surface area contributed by atoms with Crippen LogP contribution in [0.1, 0.15) is 31.2 Å². The molecule has 0 spiro atoms. The first-order valence-electron chi connectivity index (χ1n) is 5.45. The maximum atomic E-state index is 13.5. The van der Waals surface area contributed by atoms with Crippen molar-refractivity contribution in [1.82, 2.24) is 0 Å². The van der Waals surface area contributed by atoms with Crippen LogP contribution in [-0.2, 0) is 0 Å². The van der Waals surface area contributed by atoms with Crippen molar-refractivity contribution in [3.05, 3.63) is 35.3 Å². The molecule has 0 radical (unpaired) electrons. The van der Waals surface area contributed by atoms with Crippen molar-refractivity contribution >= 4 is 11.0 Å². The number of benzene rings is 1. The summed E-state index contributed by atoms with van der Waals surface area (Å²) in [6.07, 6.45) is 0. The minimum Gasteiger partial charge on any atom is -0.456 e. The van der Waals surface area contributed by atoms with E-state index in [0.717, 1.165) is 10.9 Å². The van der Waals surface area contributed by atoms with E-state index in [4.69, 9.17) is 10.2 Å². The van der Waals surface area contributed by atoms with Gasteiger partial charge in [0, 0.05) is 5.39 Å². The van der Waals surface area contributed by atoms with Crippen molar-refractivity contribution < 1.29 is 8.81 Å². The van der Waals surface area contributed by atoms with Gasteiger partial charge in [-0.15, -0.1) is 0 Å². The Bertz CT molecular complexity index is 477. The molecule has 2 aromatic rings. The molecule has 1 unspecified atom stereocenters. The van der Waals surface area contributed by atoms with Crippen molar-refractivity contribution in [3.8, 4) is 0 Å². The molecule has 86 valence electrons. The van der Waals surface area contributed by atoms with Gasteiger partial charge in [0.1, 0.15) is 5.76 Å². The Labute approximate surface area is 94.2 Å². The molecule has 0 aliphatic heterocycles. The molecule has 0 saturated carbocycles. The fourth-order valence-electron chi connectivity index (χ4n) is 1.74. The molecule has 1 atom stereocenters. The molecule has 16 heavy (non-hydrogen) atoms. The summed E-state index contributed by atoms with van der Waals surface area (Å²) in [7, 11) is 0. The van der Waals surface area contributed by atoms with Gasteiger partial charge >= 0.3 is 0 Å². The van der Waals surface area contributed by atoms with E-state index in [-0.39, 0.29) is 17.8 Å². The number of aryl methyl sites for hydroxylation is 1. The lowest BCUT2D eigenvalue weighted by molar-refractivity contribution is 0.413. The third-order valence-electron chi connectivity index (χ3n) is 2.92.